The highest BCUT2D eigenvalue weighted by Gasteiger charge is 2.17. The summed E-state index contributed by atoms with van der Waals surface area (Å²) in [6.45, 7) is 7.82. The molecule has 0 aliphatic rings. The predicted octanol–water partition coefficient (Wildman–Crippen LogP) is 3.68. The van der Waals surface area contributed by atoms with E-state index >= 15 is 0 Å². The molecule has 0 spiro atoms. The monoisotopic (exact) mass is 350 g/mol. The zero-order valence-electron chi connectivity index (χ0n) is 14.9. The summed E-state index contributed by atoms with van der Waals surface area (Å²) >= 11 is 0. The zero-order chi connectivity index (χ0) is 18.4. The molecule has 2 aromatic rings. The molecular weight excluding hydrogens is 327 g/mol. The number of carbonyl (C=O) groups excluding carboxylic acids is 1. The van der Waals surface area contributed by atoms with Gasteiger partial charge >= 0.3 is 5.97 Å². The molecule has 1 unspecified atom stereocenters. The van der Waals surface area contributed by atoms with Crippen LogP contribution in [0.25, 0.3) is 11.4 Å². The van der Waals surface area contributed by atoms with Crippen LogP contribution in [0.1, 0.15) is 38.6 Å². The molecule has 0 saturated carbocycles. The minimum absolute atomic E-state index is 0.138. The van der Waals surface area contributed by atoms with E-state index in [0.717, 1.165) is 6.42 Å². The molecule has 0 N–H and O–H groups in total. The fraction of sp³-hybridized carbons (Fsp3) is 0.500. The van der Waals surface area contributed by atoms with Gasteiger partial charge < -0.3 is 14.0 Å². The van der Waals surface area contributed by atoms with Crippen molar-refractivity contribution in [2.24, 2.45) is 5.92 Å². The lowest BCUT2D eigenvalue weighted by molar-refractivity contribution is -0.158. The van der Waals surface area contributed by atoms with Gasteiger partial charge in [-0.05, 0) is 37.8 Å². The van der Waals surface area contributed by atoms with E-state index in [2.05, 4.69) is 24.0 Å². The normalized spacial score (nSPS) is 12.4. The second kappa shape index (κ2) is 8.71. The summed E-state index contributed by atoms with van der Waals surface area (Å²) in [7, 11) is 0. The quantitative estimate of drug-likeness (QED) is 0.676. The van der Waals surface area contributed by atoms with E-state index in [1.165, 1.54) is 6.07 Å². The lowest BCUT2D eigenvalue weighted by Gasteiger charge is -2.12. The number of rotatable bonds is 8. The van der Waals surface area contributed by atoms with Crippen LogP contribution in [0.4, 0.5) is 4.39 Å². The molecular formula is C18H23FN2O4. The van der Waals surface area contributed by atoms with Crippen LogP contribution < -0.4 is 0 Å². The van der Waals surface area contributed by atoms with Crippen molar-refractivity contribution >= 4 is 5.97 Å². The Hall–Kier alpha value is -2.28. The number of nitrogens with zero attached hydrogens (tertiary/aromatic N) is 2. The van der Waals surface area contributed by atoms with Crippen LogP contribution in [-0.4, -0.2) is 28.8 Å². The third-order valence-electron chi connectivity index (χ3n) is 3.63. The van der Waals surface area contributed by atoms with E-state index in [0.29, 0.717) is 23.7 Å². The van der Waals surface area contributed by atoms with E-state index in [1.807, 2.05) is 0 Å². The van der Waals surface area contributed by atoms with Crippen molar-refractivity contribution in [2.75, 3.05) is 6.61 Å². The molecule has 1 aromatic carbocycles. The van der Waals surface area contributed by atoms with Gasteiger partial charge in [-0.25, -0.2) is 9.18 Å². The molecule has 1 heterocycles. The maximum Gasteiger partial charge on any atom is 0.335 e. The first-order valence-electron chi connectivity index (χ1n) is 8.24. The molecule has 2 rings (SSSR count). The lowest BCUT2D eigenvalue weighted by Crippen LogP contribution is -2.24. The van der Waals surface area contributed by atoms with E-state index in [1.54, 1.807) is 26.0 Å². The first kappa shape index (κ1) is 19.1. The van der Waals surface area contributed by atoms with Crippen LogP contribution in [0.3, 0.4) is 0 Å². The van der Waals surface area contributed by atoms with Gasteiger partial charge in [0.15, 0.2) is 12.7 Å². The standard InChI is InChI=1S/C18H23FN2O4/c1-11(2)7-8-23-13(4)18(22)24-10-16-20-17(21-25-16)14-6-5-12(3)15(19)9-14/h5-6,9,11,13H,7-8,10H2,1-4H3. The molecule has 7 heteroatoms. The Labute approximate surface area is 146 Å². The molecule has 0 amide bonds. The summed E-state index contributed by atoms with van der Waals surface area (Å²) in [4.78, 5) is 16.0. The van der Waals surface area contributed by atoms with Crippen LogP contribution in [0, 0.1) is 18.7 Å². The maximum absolute atomic E-state index is 13.6. The average molecular weight is 350 g/mol. The molecule has 6 nitrogen and oxygen atoms in total. The number of benzene rings is 1. The zero-order valence-corrected chi connectivity index (χ0v) is 14.9. The van der Waals surface area contributed by atoms with Crippen LogP contribution in [0.2, 0.25) is 0 Å². The van der Waals surface area contributed by atoms with Gasteiger partial charge in [0.2, 0.25) is 5.82 Å². The second-order valence-electron chi connectivity index (χ2n) is 6.28. The summed E-state index contributed by atoms with van der Waals surface area (Å²) in [6, 6.07) is 4.67. The number of aromatic nitrogens is 2. The molecule has 0 saturated heterocycles. The smallest absolute Gasteiger partial charge is 0.335 e. The van der Waals surface area contributed by atoms with Gasteiger partial charge in [-0.3, -0.25) is 0 Å². The fourth-order valence-electron chi connectivity index (χ4n) is 1.96. The predicted molar refractivity (Wildman–Crippen MR) is 89.1 cm³/mol. The topological polar surface area (TPSA) is 74.5 Å². The average Bonchev–Trinajstić information content (AvgIpc) is 3.03. The molecule has 1 aromatic heterocycles. The Morgan fingerprint density at radius 1 is 1.32 bits per heavy atom. The number of esters is 1. The highest BCUT2D eigenvalue weighted by atomic mass is 19.1. The Morgan fingerprint density at radius 2 is 2.08 bits per heavy atom. The van der Waals surface area contributed by atoms with Crippen molar-refractivity contribution < 1.29 is 23.2 Å². The second-order valence-corrected chi connectivity index (χ2v) is 6.28. The van der Waals surface area contributed by atoms with Crippen molar-refractivity contribution in [3.05, 3.63) is 35.5 Å². The summed E-state index contributed by atoms with van der Waals surface area (Å²) in [6.07, 6.45) is 0.213. The molecule has 0 bridgehead atoms. The largest absolute Gasteiger partial charge is 0.454 e. The van der Waals surface area contributed by atoms with Crippen molar-refractivity contribution in [1.29, 1.82) is 0 Å². The minimum Gasteiger partial charge on any atom is -0.454 e. The Bertz CT molecular complexity index is 715. The van der Waals surface area contributed by atoms with E-state index in [9.17, 15) is 9.18 Å². The lowest BCUT2D eigenvalue weighted by atomic mass is 10.1. The van der Waals surface area contributed by atoms with Crippen molar-refractivity contribution in [1.82, 2.24) is 10.1 Å². The Balaban J connectivity index is 1.86. The minimum atomic E-state index is -0.660. The third kappa shape index (κ3) is 5.63. The highest BCUT2D eigenvalue weighted by molar-refractivity contribution is 5.74. The summed E-state index contributed by atoms with van der Waals surface area (Å²) < 4.78 is 29.2. The molecule has 1 atom stereocenters. The van der Waals surface area contributed by atoms with Gasteiger partial charge in [-0.15, -0.1) is 0 Å². The molecule has 25 heavy (non-hydrogen) atoms. The van der Waals surface area contributed by atoms with Crippen LogP contribution in [0.15, 0.2) is 22.7 Å². The molecule has 0 aliphatic carbocycles. The molecule has 0 radical (unpaired) electrons. The van der Waals surface area contributed by atoms with Crippen LogP contribution in [0.5, 0.6) is 0 Å². The number of hydrogen-bond donors (Lipinski definition) is 0. The van der Waals surface area contributed by atoms with Gasteiger partial charge in [-0.2, -0.15) is 4.98 Å². The number of halogens is 1. The maximum atomic E-state index is 13.6. The first-order chi connectivity index (χ1) is 11.9. The molecule has 0 aliphatic heterocycles. The Morgan fingerprint density at radius 3 is 2.76 bits per heavy atom. The van der Waals surface area contributed by atoms with E-state index in [-0.39, 0.29) is 24.1 Å². The van der Waals surface area contributed by atoms with Gasteiger partial charge in [0.1, 0.15) is 5.82 Å². The number of hydrogen-bond acceptors (Lipinski definition) is 6. The van der Waals surface area contributed by atoms with Crippen LogP contribution >= 0.6 is 0 Å². The number of aryl methyl sites for hydroxylation is 1. The molecule has 136 valence electrons. The summed E-state index contributed by atoms with van der Waals surface area (Å²) in [5, 5.41) is 3.77. The van der Waals surface area contributed by atoms with Gasteiger partial charge in [0, 0.05) is 12.2 Å². The number of carbonyl (C=O) groups is 1. The summed E-state index contributed by atoms with van der Waals surface area (Å²) in [5.74, 6) is 0.0454. The van der Waals surface area contributed by atoms with Gasteiger partial charge in [0.25, 0.3) is 5.89 Å². The SMILES string of the molecule is Cc1ccc(-c2noc(COC(=O)C(C)OCCC(C)C)n2)cc1F. The third-order valence-corrected chi connectivity index (χ3v) is 3.63. The van der Waals surface area contributed by atoms with E-state index < -0.39 is 12.1 Å². The van der Waals surface area contributed by atoms with Crippen molar-refractivity contribution in [2.45, 2.75) is 46.8 Å². The Kier molecular flexibility index (Phi) is 6.64. The fourth-order valence-corrected chi connectivity index (χ4v) is 1.96. The van der Waals surface area contributed by atoms with Gasteiger partial charge in [-0.1, -0.05) is 31.1 Å². The molecule has 0 fully saturated rings. The van der Waals surface area contributed by atoms with Crippen LogP contribution in [-0.2, 0) is 20.9 Å². The van der Waals surface area contributed by atoms with Crippen molar-refractivity contribution in [3.63, 3.8) is 0 Å². The summed E-state index contributed by atoms with van der Waals surface area (Å²) in [5.41, 5.74) is 1.03. The van der Waals surface area contributed by atoms with Crippen molar-refractivity contribution in [3.8, 4) is 11.4 Å². The first-order valence-corrected chi connectivity index (χ1v) is 8.24. The highest BCUT2D eigenvalue weighted by Crippen LogP contribution is 2.19. The number of ether oxygens (including phenoxy) is 2. The van der Waals surface area contributed by atoms with E-state index in [4.69, 9.17) is 14.0 Å². The van der Waals surface area contributed by atoms with Gasteiger partial charge in [0.05, 0.1) is 0 Å².